The van der Waals surface area contributed by atoms with Gasteiger partial charge in [0.05, 0.1) is 13.2 Å². The summed E-state index contributed by atoms with van der Waals surface area (Å²) in [5.41, 5.74) is 0. The van der Waals surface area contributed by atoms with E-state index in [-0.39, 0.29) is 5.78 Å². The van der Waals surface area contributed by atoms with E-state index < -0.39 is 7.60 Å². The van der Waals surface area contributed by atoms with Crippen molar-refractivity contribution in [1.29, 1.82) is 0 Å². The number of rotatable bonds is 7. The number of thiophene rings is 1. The van der Waals surface area contributed by atoms with Gasteiger partial charge in [0.2, 0.25) is 0 Å². The first-order valence-electron chi connectivity index (χ1n) is 6.85. The van der Waals surface area contributed by atoms with Crippen LogP contribution in [0.25, 0.3) is 0 Å². The second kappa shape index (κ2) is 7.00. The monoisotopic (exact) mass is 303 g/mol. The maximum absolute atomic E-state index is 12.9. The molecule has 19 heavy (non-hydrogen) atoms. The van der Waals surface area contributed by atoms with Gasteiger partial charge in [0, 0.05) is 11.4 Å². The Morgan fingerprint density at radius 3 is 2.74 bits per heavy atom. The largest absolute Gasteiger partial charge is 0.347 e. The van der Waals surface area contributed by atoms with E-state index in [2.05, 4.69) is 22.4 Å². The Hall–Kier alpha value is -0.190. The summed E-state index contributed by atoms with van der Waals surface area (Å²) in [6.45, 7) is 6.40. The first-order valence-corrected chi connectivity index (χ1v) is 9.34. The van der Waals surface area contributed by atoms with Crippen LogP contribution in [0.15, 0.2) is 17.5 Å². The maximum atomic E-state index is 12.9. The van der Waals surface area contributed by atoms with Crippen LogP contribution in [0.5, 0.6) is 0 Å². The van der Waals surface area contributed by atoms with Crippen LogP contribution in [0.2, 0.25) is 0 Å². The fraction of sp³-hybridized carbons (Fsp3) is 0.692. The molecular weight excluding hydrogens is 281 g/mol. The lowest BCUT2D eigenvalue weighted by Crippen LogP contribution is -2.30. The van der Waals surface area contributed by atoms with Gasteiger partial charge >= 0.3 is 7.60 Å². The van der Waals surface area contributed by atoms with E-state index in [0.29, 0.717) is 13.2 Å². The second-order valence-electron chi connectivity index (χ2n) is 4.55. The Kier molecular flexibility index (Phi) is 5.60. The molecule has 0 amide bonds. The molecule has 0 aromatic carbocycles. The Balaban J connectivity index is 2.09. The molecule has 1 aliphatic rings. The van der Waals surface area contributed by atoms with Crippen molar-refractivity contribution in [2.45, 2.75) is 39.0 Å². The predicted molar refractivity (Wildman–Crippen MR) is 78.6 cm³/mol. The highest BCUT2D eigenvalue weighted by atomic mass is 32.1. The Bertz CT molecular complexity index is 414. The quantitative estimate of drug-likeness (QED) is 0.715. The minimum absolute atomic E-state index is 0.0884. The highest BCUT2D eigenvalue weighted by Crippen LogP contribution is 2.57. The van der Waals surface area contributed by atoms with Gasteiger partial charge in [-0.05, 0) is 44.7 Å². The molecule has 1 atom stereocenters. The van der Waals surface area contributed by atoms with Crippen LogP contribution in [0.1, 0.15) is 31.6 Å². The van der Waals surface area contributed by atoms with Gasteiger partial charge in [0.25, 0.3) is 0 Å². The van der Waals surface area contributed by atoms with E-state index >= 15 is 0 Å². The molecule has 2 rings (SSSR count). The smallest absolute Gasteiger partial charge is 0.308 e. The average Bonchev–Trinajstić information content (AvgIpc) is 3.01. The van der Waals surface area contributed by atoms with Gasteiger partial charge in [-0.3, -0.25) is 9.46 Å². The highest BCUT2D eigenvalue weighted by molar-refractivity contribution is 7.54. The van der Waals surface area contributed by atoms with Crippen molar-refractivity contribution >= 4 is 18.9 Å². The maximum Gasteiger partial charge on any atom is 0.347 e. The van der Waals surface area contributed by atoms with Crippen molar-refractivity contribution in [3.05, 3.63) is 22.4 Å². The summed E-state index contributed by atoms with van der Waals surface area (Å²) in [6.07, 6.45) is 1.95. The van der Waals surface area contributed by atoms with Gasteiger partial charge in [-0.25, -0.2) is 0 Å². The van der Waals surface area contributed by atoms with Gasteiger partial charge in [-0.2, -0.15) is 0 Å². The van der Waals surface area contributed by atoms with E-state index in [4.69, 9.17) is 9.05 Å². The molecule has 2 heterocycles. The topological polar surface area (TPSA) is 38.8 Å². The Labute approximate surface area is 119 Å². The molecule has 1 aromatic rings. The number of hydrogen-bond acceptors (Lipinski definition) is 5. The minimum atomic E-state index is -3.01. The summed E-state index contributed by atoms with van der Waals surface area (Å²) in [6, 6.07) is 4.17. The Morgan fingerprint density at radius 1 is 1.42 bits per heavy atom. The molecular formula is C13H22NO3PS. The molecule has 0 spiro atoms. The van der Waals surface area contributed by atoms with E-state index in [9.17, 15) is 4.57 Å². The third-order valence-corrected chi connectivity index (χ3v) is 6.66. The molecule has 1 fully saturated rings. The zero-order chi connectivity index (χ0) is 13.7. The van der Waals surface area contributed by atoms with Gasteiger partial charge < -0.3 is 9.05 Å². The van der Waals surface area contributed by atoms with Crippen molar-refractivity contribution in [3.63, 3.8) is 0 Å². The molecule has 0 saturated carbocycles. The average molecular weight is 303 g/mol. The fourth-order valence-corrected chi connectivity index (χ4v) is 5.49. The van der Waals surface area contributed by atoms with Crippen LogP contribution in [0, 0.1) is 0 Å². The van der Waals surface area contributed by atoms with Crippen LogP contribution in [-0.2, 0) is 20.2 Å². The van der Waals surface area contributed by atoms with Crippen LogP contribution >= 0.6 is 18.9 Å². The van der Waals surface area contributed by atoms with Crippen molar-refractivity contribution in [3.8, 4) is 0 Å². The van der Waals surface area contributed by atoms with Crippen molar-refractivity contribution in [2.24, 2.45) is 0 Å². The van der Waals surface area contributed by atoms with Gasteiger partial charge in [-0.15, -0.1) is 11.3 Å². The summed E-state index contributed by atoms with van der Waals surface area (Å²) in [5.74, 6) is -0.0884. The number of nitrogens with zero attached hydrogens (tertiary/aromatic N) is 1. The summed E-state index contributed by atoms with van der Waals surface area (Å²) in [4.78, 5) is 3.55. The molecule has 0 aliphatic carbocycles. The molecule has 6 heteroatoms. The molecule has 1 saturated heterocycles. The van der Waals surface area contributed by atoms with Crippen LogP contribution in [-0.4, -0.2) is 30.4 Å². The van der Waals surface area contributed by atoms with Crippen molar-refractivity contribution in [2.75, 3.05) is 19.8 Å². The molecule has 1 aliphatic heterocycles. The molecule has 0 radical (unpaired) electrons. The summed E-state index contributed by atoms with van der Waals surface area (Å²) < 4.78 is 23.9. The van der Waals surface area contributed by atoms with E-state index in [0.717, 1.165) is 25.9 Å². The minimum Gasteiger partial charge on any atom is -0.308 e. The van der Waals surface area contributed by atoms with Crippen LogP contribution in [0.3, 0.4) is 0 Å². The first-order chi connectivity index (χ1) is 9.19. The molecule has 0 N–H and O–H groups in total. The van der Waals surface area contributed by atoms with Crippen LogP contribution < -0.4 is 0 Å². The van der Waals surface area contributed by atoms with E-state index in [1.54, 1.807) is 11.3 Å². The normalized spacial score (nSPS) is 21.1. The van der Waals surface area contributed by atoms with Crippen LogP contribution in [0.4, 0.5) is 0 Å². The third kappa shape index (κ3) is 3.67. The lowest BCUT2D eigenvalue weighted by atomic mass is 10.4. The molecule has 4 nitrogen and oxygen atoms in total. The standard InChI is InChI=1S/C13H22NO3PS/c1-3-16-18(15,17-4-2)13-8-5-9-14(13)11-12-7-6-10-19-12/h6-7,10,13H,3-5,8-9,11H2,1-2H3. The second-order valence-corrected chi connectivity index (χ2v) is 7.77. The molecule has 0 bridgehead atoms. The predicted octanol–water partition coefficient (Wildman–Crippen LogP) is 3.94. The highest BCUT2D eigenvalue weighted by Gasteiger charge is 2.42. The van der Waals surface area contributed by atoms with Crippen molar-refractivity contribution in [1.82, 2.24) is 4.90 Å². The molecule has 108 valence electrons. The first kappa shape index (κ1) is 15.2. The van der Waals surface area contributed by atoms with Gasteiger partial charge in [0.1, 0.15) is 5.78 Å². The SMILES string of the molecule is CCOP(=O)(OCC)C1CCCN1Cc1cccs1. The summed E-state index contributed by atoms with van der Waals surface area (Å²) in [5, 5.41) is 2.07. The summed E-state index contributed by atoms with van der Waals surface area (Å²) >= 11 is 1.74. The van der Waals surface area contributed by atoms with Gasteiger partial charge in [-0.1, -0.05) is 6.07 Å². The van der Waals surface area contributed by atoms with Crippen molar-refractivity contribution < 1.29 is 13.6 Å². The van der Waals surface area contributed by atoms with E-state index in [1.807, 2.05) is 13.8 Å². The zero-order valence-corrected chi connectivity index (χ0v) is 13.3. The third-order valence-electron chi connectivity index (χ3n) is 3.25. The van der Waals surface area contributed by atoms with E-state index in [1.165, 1.54) is 4.88 Å². The number of hydrogen-bond donors (Lipinski definition) is 0. The van der Waals surface area contributed by atoms with Gasteiger partial charge in [0.15, 0.2) is 0 Å². The summed E-state index contributed by atoms with van der Waals surface area (Å²) in [7, 11) is -3.01. The lowest BCUT2D eigenvalue weighted by Gasteiger charge is -2.30. The zero-order valence-electron chi connectivity index (χ0n) is 11.6. The Morgan fingerprint density at radius 2 is 2.16 bits per heavy atom. The number of likely N-dealkylation sites (tertiary alicyclic amines) is 1. The molecule has 1 unspecified atom stereocenters. The fourth-order valence-electron chi connectivity index (χ4n) is 2.52. The lowest BCUT2D eigenvalue weighted by molar-refractivity contribution is 0.179. The molecule has 1 aromatic heterocycles.